The molecule has 2 rings (SSSR count). The van der Waals surface area contributed by atoms with Crippen LogP contribution < -0.4 is 10.6 Å². The first-order valence-electron chi connectivity index (χ1n) is 6.89. The van der Waals surface area contributed by atoms with E-state index >= 15 is 0 Å². The molecule has 21 heavy (non-hydrogen) atoms. The first-order chi connectivity index (χ1) is 10.1. The third kappa shape index (κ3) is 4.30. The third-order valence-corrected chi connectivity index (χ3v) is 3.55. The second-order valence-corrected chi connectivity index (χ2v) is 5.10. The summed E-state index contributed by atoms with van der Waals surface area (Å²) in [7, 11) is 0. The van der Waals surface area contributed by atoms with Gasteiger partial charge in [0.25, 0.3) is 0 Å². The lowest BCUT2D eigenvalue weighted by atomic mass is 9.98. The van der Waals surface area contributed by atoms with Crippen LogP contribution in [0.1, 0.15) is 24.0 Å². The SMILES string of the molecule is O=C(O)Cc1ccccc1CNC(=O)C1CCC(=O)NC1. The van der Waals surface area contributed by atoms with Gasteiger partial charge in [0.05, 0.1) is 12.3 Å². The first-order valence-corrected chi connectivity index (χ1v) is 6.89. The number of carbonyl (C=O) groups excluding carboxylic acids is 2. The van der Waals surface area contributed by atoms with Crippen LogP contribution in [0.25, 0.3) is 0 Å². The van der Waals surface area contributed by atoms with Gasteiger partial charge < -0.3 is 15.7 Å². The molecule has 1 unspecified atom stereocenters. The van der Waals surface area contributed by atoms with Crippen LogP contribution in [0.4, 0.5) is 0 Å². The minimum Gasteiger partial charge on any atom is -0.481 e. The van der Waals surface area contributed by atoms with Crippen molar-refractivity contribution in [3.05, 3.63) is 35.4 Å². The van der Waals surface area contributed by atoms with Crippen LogP contribution >= 0.6 is 0 Å². The average molecular weight is 290 g/mol. The number of carboxylic acid groups (broad SMARTS) is 1. The number of carbonyl (C=O) groups is 3. The monoisotopic (exact) mass is 290 g/mol. The first kappa shape index (κ1) is 15.0. The quantitative estimate of drug-likeness (QED) is 0.734. The standard InChI is InChI=1S/C15H18N2O4/c18-13-6-5-12(9-16-13)15(21)17-8-11-4-2-1-3-10(11)7-14(19)20/h1-4,12H,5-9H2,(H,16,18)(H,17,21)(H,19,20). The van der Waals surface area contributed by atoms with Crippen LogP contribution in [0.3, 0.4) is 0 Å². The van der Waals surface area contributed by atoms with E-state index in [0.717, 1.165) is 5.56 Å². The second kappa shape index (κ2) is 6.88. The lowest BCUT2D eigenvalue weighted by Gasteiger charge is -2.21. The topological polar surface area (TPSA) is 95.5 Å². The molecule has 0 aliphatic carbocycles. The number of nitrogens with one attached hydrogen (secondary N) is 2. The summed E-state index contributed by atoms with van der Waals surface area (Å²) in [6, 6.07) is 7.14. The lowest BCUT2D eigenvalue weighted by molar-refractivity contribution is -0.136. The van der Waals surface area contributed by atoms with Gasteiger partial charge in [-0.05, 0) is 17.5 Å². The zero-order valence-corrected chi connectivity index (χ0v) is 11.6. The highest BCUT2D eigenvalue weighted by Crippen LogP contribution is 2.13. The van der Waals surface area contributed by atoms with E-state index < -0.39 is 5.97 Å². The van der Waals surface area contributed by atoms with Crippen LogP contribution in [-0.4, -0.2) is 29.4 Å². The van der Waals surface area contributed by atoms with Crippen LogP contribution in [0.2, 0.25) is 0 Å². The third-order valence-electron chi connectivity index (χ3n) is 3.55. The molecule has 112 valence electrons. The summed E-state index contributed by atoms with van der Waals surface area (Å²) in [6.45, 7) is 0.661. The number of amides is 2. The smallest absolute Gasteiger partial charge is 0.307 e. The van der Waals surface area contributed by atoms with Crippen molar-refractivity contribution in [3.63, 3.8) is 0 Å². The Balaban J connectivity index is 1.92. The van der Waals surface area contributed by atoms with Crippen molar-refractivity contribution < 1.29 is 19.5 Å². The van der Waals surface area contributed by atoms with E-state index in [1.165, 1.54) is 0 Å². The highest BCUT2D eigenvalue weighted by atomic mass is 16.4. The maximum atomic E-state index is 12.0. The molecule has 6 heteroatoms. The summed E-state index contributed by atoms with van der Waals surface area (Å²) in [5.74, 6) is -1.25. The van der Waals surface area contributed by atoms with Gasteiger partial charge in [-0.2, -0.15) is 0 Å². The van der Waals surface area contributed by atoms with Crippen molar-refractivity contribution >= 4 is 17.8 Å². The normalized spacial score (nSPS) is 17.9. The Kier molecular flexibility index (Phi) is 4.92. The van der Waals surface area contributed by atoms with E-state index in [4.69, 9.17) is 5.11 Å². The van der Waals surface area contributed by atoms with Crippen molar-refractivity contribution in [3.8, 4) is 0 Å². The number of hydrogen-bond donors (Lipinski definition) is 3. The average Bonchev–Trinajstić information content (AvgIpc) is 2.46. The van der Waals surface area contributed by atoms with Crippen molar-refractivity contribution in [1.82, 2.24) is 10.6 Å². The van der Waals surface area contributed by atoms with E-state index in [1.54, 1.807) is 18.2 Å². The molecule has 1 aromatic rings. The van der Waals surface area contributed by atoms with Crippen LogP contribution in [0.5, 0.6) is 0 Å². The predicted octanol–water partition coefficient (Wildman–Crippen LogP) is 0.456. The summed E-state index contributed by atoms with van der Waals surface area (Å²) in [5.41, 5.74) is 1.50. The van der Waals surface area contributed by atoms with Crippen LogP contribution in [0, 0.1) is 5.92 Å². The largest absolute Gasteiger partial charge is 0.481 e. The molecule has 2 amide bonds. The molecule has 0 radical (unpaired) electrons. The number of benzene rings is 1. The second-order valence-electron chi connectivity index (χ2n) is 5.10. The Morgan fingerprint density at radius 3 is 2.62 bits per heavy atom. The molecule has 0 saturated carbocycles. The summed E-state index contributed by atoms with van der Waals surface area (Å²) in [4.78, 5) is 33.9. The van der Waals surface area contributed by atoms with Gasteiger partial charge in [-0.25, -0.2) is 0 Å². The molecule has 0 bridgehead atoms. The molecule has 1 fully saturated rings. The predicted molar refractivity (Wildman–Crippen MR) is 75.4 cm³/mol. The zero-order valence-electron chi connectivity index (χ0n) is 11.6. The highest BCUT2D eigenvalue weighted by molar-refractivity contribution is 5.83. The number of rotatable bonds is 5. The van der Waals surface area contributed by atoms with Crippen LogP contribution in [-0.2, 0) is 27.3 Å². The molecule has 6 nitrogen and oxygen atoms in total. The summed E-state index contributed by atoms with van der Waals surface area (Å²) in [5, 5.41) is 14.4. The Hall–Kier alpha value is -2.37. The summed E-state index contributed by atoms with van der Waals surface area (Å²) in [6.07, 6.45) is 0.855. The van der Waals surface area contributed by atoms with E-state index in [1.807, 2.05) is 6.07 Å². The number of hydrogen-bond acceptors (Lipinski definition) is 3. The molecule has 1 aliphatic rings. The van der Waals surface area contributed by atoms with Gasteiger partial charge in [0.1, 0.15) is 0 Å². The van der Waals surface area contributed by atoms with Gasteiger partial charge >= 0.3 is 5.97 Å². The minimum absolute atomic E-state index is 0.0224. The molecule has 1 heterocycles. The van der Waals surface area contributed by atoms with E-state index in [0.29, 0.717) is 31.5 Å². The summed E-state index contributed by atoms with van der Waals surface area (Å²) >= 11 is 0. The number of piperidine rings is 1. The lowest BCUT2D eigenvalue weighted by Crippen LogP contribution is -2.42. The van der Waals surface area contributed by atoms with Crippen LogP contribution in [0.15, 0.2) is 24.3 Å². The van der Waals surface area contributed by atoms with Crippen molar-refractivity contribution in [1.29, 1.82) is 0 Å². The van der Waals surface area contributed by atoms with E-state index in [2.05, 4.69) is 10.6 Å². The fourth-order valence-corrected chi connectivity index (χ4v) is 2.35. The van der Waals surface area contributed by atoms with Gasteiger partial charge in [0.2, 0.25) is 11.8 Å². The fraction of sp³-hybridized carbons (Fsp3) is 0.400. The molecule has 0 aromatic heterocycles. The number of aliphatic carboxylic acids is 1. The molecular formula is C15H18N2O4. The van der Waals surface area contributed by atoms with E-state index in [9.17, 15) is 14.4 Å². The maximum Gasteiger partial charge on any atom is 0.307 e. The van der Waals surface area contributed by atoms with Gasteiger partial charge in [-0.1, -0.05) is 24.3 Å². The molecular weight excluding hydrogens is 272 g/mol. The Morgan fingerprint density at radius 2 is 2.00 bits per heavy atom. The van der Waals surface area contributed by atoms with E-state index in [-0.39, 0.29) is 24.2 Å². The molecule has 1 aromatic carbocycles. The molecule has 1 atom stereocenters. The van der Waals surface area contributed by atoms with Crippen molar-refractivity contribution in [2.75, 3.05) is 6.54 Å². The summed E-state index contributed by atoms with van der Waals surface area (Å²) < 4.78 is 0. The van der Waals surface area contributed by atoms with Crippen molar-refractivity contribution in [2.45, 2.75) is 25.8 Å². The van der Waals surface area contributed by atoms with Gasteiger partial charge in [0.15, 0.2) is 0 Å². The Labute approximate surface area is 122 Å². The Bertz CT molecular complexity index is 546. The minimum atomic E-state index is -0.899. The van der Waals surface area contributed by atoms with Gasteiger partial charge in [-0.15, -0.1) is 0 Å². The fourth-order valence-electron chi connectivity index (χ4n) is 2.35. The molecule has 1 aliphatic heterocycles. The number of carboxylic acids is 1. The van der Waals surface area contributed by atoms with Crippen molar-refractivity contribution in [2.24, 2.45) is 5.92 Å². The molecule has 3 N–H and O–H groups in total. The Morgan fingerprint density at radius 1 is 1.29 bits per heavy atom. The van der Waals surface area contributed by atoms with Gasteiger partial charge in [0, 0.05) is 19.5 Å². The molecule has 1 saturated heterocycles. The zero-order chi connectivity index (χ0) is 15.2. The van der Waals surface area contributed by atoms with Gasteiger partial charge in [-0.3, -0.25) is 14.4 Å². The molecule has 0 spiro atoms. The highest BCUT2D eigenvalue weighted by Gasteiger charge is 2.24. The maximum absolute atomic E-state index is 12.0.